The molecular weight excluding hydrogens is 406 g/mol. The second-order valence-corrected chi connectivity index (χ2v) is 9.97. The third-order valence-electron chi connectivity index (χ3n) is 5.42. The minimum absolute atomic E-state index is 0.213. The van der Waals surface area contributed by atoms with Gasteiger partial charge in [-0.25, -0.2) is 9.10 Å². The zero-order valence-electron chi connectivity index (χ0n) is 18.4. The van der Waals surface area contributed by atoms with Gasteiger partial charge in [-0.05, 0) is 51.8 Å². The van der Waals surface area contributed by atoms with Gasteiger partial charge in [0, 0.05) is 44.8 Å². The van der Waals surface area contributed by atoms with E-state index in [-0.39, 0.29) is 12.9 Å². The number of piperazine rings is 1. The topological polar surface area (TPSA) is 63.7 Å². The smallest absolute Gasteiger partial charge is 0.410 e. The quantitative estimate of drug-likeness (QED) is 0.669. The van der Waals surface area contributed by atoms with E-state index in [1.807, 2.05) is 20.8 Å². The molecule has 0 radical (unpaired) electrons. The Labute approximate surface area is 182 Å². The molecule has 1 fully saturated rings. The van der Waals surface area contributed by atoms with Gasteiger partial charge in [0.1, 0.15) is 5.60 Å². The average Bonchev–Trinajstić information content (AvgIpc) is 3.16. The highest BCUT2D eigenvalue weighted by Crippen LogP contribution is 2.53. The van der Waals surface area contributed by atoms with Crippen LogP contribution in [0.25, 0.3) is 0 Å². The van der Waals surface area contributed by atoms with Crippen molar-refractivity contribution in [1.29, 1.82) is 0 Å². The highest BCUT2D eigenvalue weighted by molar-refractivity contribution is 7.97. The van der Waals surface area contributed by atoms with E-state index in [1.165, 1.54) is 11.1 Å². The lowest BCUT2D eigenvalue weighted by Crippen LogP contribution is -2.48. The van der Waals surface area contributed by atoms with E-state index in [2.05, 4.69) is 16.3 Å². The number of carbonyl (C=O) groups is 1. The summed E-state index contributed by atoms with van der Waals surface area (Å²) in [5.74, 6) is 2.29. The fourth-order valence-corrected chi connectivity index (χ4v) is 5.15. The summed E-state index contributed by atoms with van der Waals surface area (Å²) in [6, 6.07) is 0. The number of methoxy groups -OCH3 is 1. The van der Waals surface area contributed by atoms with E-state index in [1.54, 1.807) is 24.0 Å². The van der Waals surface area contributed by atoms with Crippen molar-refractivity contribution in [2.45, 2.75) is 44.2 Å². The summed E-state index contributed by atoms with van der Waals surface area (Å²) >= 11 is 1.71. The molecule has 0 bridgehead atoms. The van der Waals surface area contributed by atoms with Crippen LogP contribution in [0.3, 0.4) is 0 Å². The highest BCUT2D eigenvalue weighted by atomic mass is 32.2. The molecule has 166 valence electrons. The first-order valence-corrected chi connectivity index (χ1v) is 11.1. The monoisotopic (exact) mass is 437 g/mol. The molecule has 0 saturated carbocycles. The predicted molar refractivity (Wildman–Crippen MR) is 114 cm³/mol. The van der Waals surface area contributed by atoms with E-state index in [4.69, 9.17) is 18.9 Å². The summed E-state index contributed by atoms with van der Waals surface area (Å²) < 4.78 is 25.2. The summed E-state index contributed by atoms with van der Waals surface area (Å²) in [6.07, 6.45) is 0.702. The third-order valence-corrected chi connectivity index (χ3v) is 6.66. The van der Waals surface area contributed by atoms with Gasteiger partial charge in [-0.3, -0.25) is 0 Å². The molecule has 1 aromatic carbocycles. The van der Waals surface area contributed by atoms with Crippen molar-refractivity contribution in [3.8, 4) is 17.2 Å². The largest absolute Gasteiger partial charge is 0.492 e. The average molecular weight is 438 g/mol. The Morgan fingerprint density at radius 2 is 1.73 bits per heavy atom. The van der Waals surface area contributed by atoms with Crippen LogP contribution in [0.5, 0.6) is 17.2 Å². The molecule has 0 unspecified atom stereocenters. The van der Waals surface area contributed by atoms with Crippen molar-refractivity contribution in [3.63, 3.8) is 0 Å². The number of benzene rings is 1. The lowest BCUT2D eigenvalue weighted by Gasteiger charge is -2.36. The van der Waals surface area contributed by atoms with Crippen LogP contribution in [0.2, 0.25) is 0 Å². The molecule has 0 aromatic heterocycles. The molecule has 3 heterocycles. The normalized spacial score (nSPS) is 19.6. The molecule has 0 atom stereocenters. The maximum atomic E-state index is 12.3. The zero-order valence-corrected chi connectivity index (χ0v) is 19.3. The Bertz CT molecular complexity index is 818. The number of likely N-dealkylation sites (N-methyl/N-ethyl adjacent to an activating group) is 1. The van der Waals surface area contributed by atoms with Crippen molar-refractivity contribution >= 4 is 18.0 Å². The number of ether oxygens (including phenoxy) is 4. The van der Waals surface area contributed by atoms with Crippen LogP contribution in [-0.2, 0) is 17.7 Å². The molecule has 0 N–H and O–H groups in total. The van der Waals surface area contributed by atoms with E-state index in [0.717, 1.165) is 49.0 Å². The van der Waals surface area contributed by atoms with Crippen molar-refractivity contribution in [2.75, 3.05) is 53.7 Å². The van der Waals surface area contributed by atoms with Crippen molar-refractivity contribution in [2.24, 2.45) is 0 Å². The standard InChI is InChI=1S/C21H31N3O5S/c1-21(2,3)29-20(25)23-8-10-24(11-9-23)30-19-14-6-7-22(4)12-15(14)16(26-5)17-18(19)28-13-27-17/h6-13H2,1-5H3. The fraction of sp³-hybridized carbons (Fsp3) is 0.667. The molecule has 1 aromatic rings. The SMILES string of the molecule is COc1c2c(c(SN3CCN(C(=O)OC(C)(C)C)CC3)c3c1OCO3)CCN(C)C2. The summed E-state index contributed by atoms with van der Waals surface area (Å²) in [5, 5.41) is 0. The highest BCUT2D eigenvalue weighted by Gasteiger charge is 2.34. The lowest BCUT2D eigenvalue weighted by molar-refractivity contribution is 0.0197. The predicted octanol–water partition coefficient (Wildman–Crippen LogP) is 2.97. The molecule has 3 aliphatic heterocycles. The molecule has 1 amide bonds. The molecule has 3 aliphatic rings. The van der Waals surface area contributed by atoms with Crippen molar-refractivity contribution in [1.82, 2.24) is 14.1 Å². The number of nitrogens with zero attached hydrogens (tertiary/aromatic N) is 3. The second kappa shape index (κ2) is 8.36. The van der Waals surface area contributed by atoms with Crippen LogP contribution in [0.4, 0.5) is 4.79 Å². The van der Waals surface area contributed by atoms with Gasteiger partial charge in [0.2, 0.25) is 12.5 Å². The van der Waals surface area contributed by atoms with Crippen LogP contribution in [0.15, 0.2) is 4.90 Å². The molecule has 30 heavy (non-hydrogen) atoms. The summed E-state index contributed by atoms with van der Waals surface area (Å²) in [5.41, 5.74) is 2.00. The second-order valence-electron chi connectivity index (χ2n) is 8.86. The maximum absolute atomic E-state index is 12.3. The van der Waals surface area contributed by atoms with Gasteiger partial charge in [-0.15, -0.1) is 0 Å². The molecule has 8 nitrogen and oxygen atoms in total. The summed E-state index contributed by atoms with van der Waals surface area (Å²) in [4.78, 5) is 17.5. The Morgan fingerprint density at radius 3 is 2.40 bits per heavy atom. The Morgan fingerprint density at radius 1 is 1.03 bits per heavy atom. The van der Waals surface area contributed by atoms with Crippen LogP contribution in [0, 0.1) is 0 Å². The fourth-order valence-electron chi connectivity index (χ4n) is 3.98. The van der Waals surface area contributed by atoms with Gasteiger partial charge in [0.05, 0.1) is 12.0 Å². The van der Waals surface area contributed by atoms with Gasteiger partial charge in [0.25, 0.3) is 0 Å². The Kier molecular flexibility index (Phi) is 5.96. The molecule has 1 saturated heterocycles. The summed E-state index contributed by atoms with van der Waals surface area (Å²) in [6.45, 7) is 10.5. The molecule has 0 aliphatic carbocycles. The van der Waals surface area contributed by atoms with Crippen LogP contribution < -0.4 is 14.2 Å². The lowest BCUT2D eigenvalue weighted by atomic mass is 9.97. The van der Waals surface area contributed by atoms with Crippen molar-refractivity contribution < 1.29 is 23.7 Å². The zero-order chi connectivity index (χ0) is 21.5. The first-order chi connectivity index (χ1) is 14.3. The van der Waals surface area contributed by atoms with Gasteiger partial charge in [-0.2, -0.15) is 0 Å². The minimum Gasteiger partial charge on any atom is -0.492 e. The summed E-state index contributed by atoms with van der Waals surface area (Å²) in [7, 11) is 3.81. The van der Waals surface area contributed by atoms with E-state index < -0.39 is 5.60 Å². The molecule has 9 heteroatoms. The van der Waals surface area contributed by atoms with Gasteiger partial charge >= 0.3 is 6.09 Å². The maximum Gasteiger partial charge on any atom is 0.410 e. The number of hydrogen-bond donors (Lipinski definition) is 0. The molecule has 4 rings (SSSR count). The van der Waals surface area contributed by atoms with Gasteiger partial charge in [0.15, 0.2) is 11.5 Å². The Balaban J connectivity index is 1.52. The number of rotatable bonds is 3. The Hall–Kier alpha value is -1.84. The van der Waals surface area contributed by atoms with Gasteiger partial charge in [-0.1, -0.05) is 0 Å². The number of hydrogen-bond acceptors (Lipinski definition) is 8. The third kappa shape index (κ3) is 4.29. The first kappa shape index (κ1) is 21.4. The van der Waals surface area contributed by atoms with E-state index >= 15 is 0 Å². The first-order valence-electron chi connectivity index (χ1n) is 10.4. The minimum atomic E-state index is -0.476. The molecular formula is C21H31N3O5S. The van der Waals surface area contributed by atoms with Crippen LogP contribution in [-0.4, -0.2) is 79.5 Å². The van der Waals surface area contributed by atoms with Crippen LogP contribution in [0.1, 0.15) is 31.9 Å². The number of carbonyl (C=O) groups excluding carboxylic acids is 1. The van der Waals surface area contributed by atoms with E-state index in [0.29, 0.717) is 18.8 Å². The van der Waals surface area contributed by atoms with Crippen LogP contribution >= 0.6 is 11.9 Å². The van der Waals surface area contributed by atoms with Gasteiger partial charge < -0.3 is 28.7 Å². The number of fused-ring (bicyclic) bond motifs is 2. The van der Waals surface area contributed by atoms with Crippen molar-refractivity contribution in [3.05, 3.63) is 11.1 Å². The van der Waals surface area contributed by atoms with E-state index in [9.17, 15) is 4.79 Å². The number of amides is 1. The molecule has 0 spiro atoms.